The number of anilines is 1. The number of aromatic nitrogens is 2. The summed E-state index contributed by atoms with van der Waals surface area (Å²) in [4.78, 5) is 31.1. The third-order valence-electron chi connectivity index (χ3n) is 5.32. The average Bonchev–Trinajstić information content (AvgIpc) is 3.24. The van der Waals surface area contributed by atoms with Crippen LogP contribution in [0.2, 0.25) is 0 Å². The smallest absolute Gasteiger partial charge is 0.272 e. The minimum absolute atomic E-state index is 0.0919. The Labute approximate surface area is 204 Å². The average molecular weight is 488 g/mol. The quantitative estimate of drug-likeness (QED) is 0.246. The molecule has 0 unspecified atom stereocenters. The van der Waals surface area contributed by atoms with Crippen LogP contribution in [-0.2, 0) is 11.3 Å². The first-order valence-corrected chi connectivity index (χ1v) is 12.5. The molecule has 0 aliphatic rings. The van der Waals surface area contributed by atoms with E-state index in [-0.39, 0.29) is 17.2 Å². The number of amides is 1. The number of ether oxygens (including phenoxy) is 1. The van der Waals surface area contributed by atoms with Crippen molar-refractivity contribution in [3.63, 3.8) is 0 Å². The van der Waals surface area contributed by atoms with Crippen LogP contribution in [0.5, 0.6) is 5.75 Å². The molecule has 8 heteroatoms. The Kier molecular flexibility index (Phi) is 6.33. The Hall–Kier alpha value is -3.62. The Bertz CT molecular complexity index is 1540. The first-order chi connectivity index (χ1) is 16.6. The summed E-state index contributed by atoms with van der Waals surface area (Å²) < 4.78 is 8.53. The molecule has 0 saturated heterocycles. The number of rotatable bonds is 7. The van der Waals surface area contributed by atoms with E-state index in [1.54, 1.807) is 23.8 Å². The van der Waals surface area contributed by atoms with Crippen LogP contribution in [0.3, 0.4) is 0 Å². The number of hydrogen-bond acceptors (Lipinski definition) is 6. The molecule has 5 aromatic rings. The van der Waals surface area contributed by atoms with E-state index < -0.39 is 0 Å². The maximum absolute atomic E-state index is 13.5. The summed E-state index contributed by atoms with van der Waals surface area (Å²) in [6, 6.07) is 24.9. The molecule has 0 aliphatic heterocycles. The minimum atomic E-state index is -0.186. The predicted molar refractivity (Wildman–Crippen MR) is 139 cm³/mol. The summed E-state index contributed by atoms with van der Waals surface area (Å²) in [5.41, 5.74) is 2.24. The second kappa shape index (κ2) is 9.70. The van der Waals surface area contributed by atoms with Gasteiger partial charge in [-0.1, -0.05) is 66.4 Å². The van der Waals surface area contributed by atoms with E-state index in [0.717, 1.165) is 15.6 Å². The van der Waals surface area contributed by atoms with Crippen molar-refractivity contribution >= 4 is 55.0 Å². The zero-order chi connectivity index (χ0) is 23.5. The van der Waals surface area contributed by atoms with Crippen molar-refractivity contribution in [2.75, 3.05) is 18.2 Å². The molecule has 0 saturated carbocycles. The van der Waals surface area contributed by atoms with Crippen molar-refractivity contribution in [2.24, 2.45) is 0 Å². The van der Waals surface area contributed by atoms with Gasteiger partial charge >= 0.3 is 0 Å². The van der Waals surface area contributed by atoms with Crippen molar-refractivity contribution in [3.8, 4) is 5.75 Å². The Morgan fingerprint density at radius 1 is 1.06 bits per heavy atom. The summed E-state index contributed by atoms with van der Waals surface area (Å²) in [5, 5.41) is 4.35. The van der Waals surface area contributed by atoms with Gasteiger partial charge in [-0.3, -0.25) is 14.2 Å². The Morgan fingerprint density at radius 2 is 1.85 bits per heavy atom. The first-order valence-electron chi connectivity index (χ1n) is 10.6. The fourth-order valence-corrected chi connectivity index (χ4v) is 5.58. The van der Waals surface area contributed by atoms with Crippen LogP contribution in [-0.4, -0.2) is 28.3 Å². The van der Waals surface area contributed by atoms with Crippen LogP contribution in [0.25, 0.3) is 20.3 Å². The third-order valence-corrected chi connectivity index (χ3v) is 7.44. The minimum Gasteiger partial charge on any atom is -0.497 e. The number of hydrogen-bond donors (Lipinski definition) is 1. The van der Waals surface area contributed by atoms with Crippen molar-refractivity contribution in [1.29, 1.82) is 0 Å². The van der Waals surface area contributed by atoms with Crippen molar-refractivity contribution in [1.82, 2.24) is 9.55 Å². The van der Waals surface area contributed by atoms with Gasteiger partial charge in [-0.05, 0) is 23.8 Å². The summed E-state index contributed by atoms with van der Waals surface area (Å²) in [6.45, 7) is 0.386. The SMILES string of the molecule is COc1cccc(NC(=O)CSc2nc3c(sc4ccccc43)c(=O)n2Cc2ccccc2)c1. The number of nitrogens with zero attached hydrogens (tertiary/aromatic N) is 2. The van der Waals surface area contributed by atoms with E-state index in [1.807, 2.05) is 66.7 Å². The molecule has 6 nitrogen and oxygen atoms in total. The first kappa shape index (κ1) is 22.2. The van der Waals surface area contributed by atoms with Gasteiger partial charge in [0.2, 0.25) is 5.91 Å². The third kappa shape index (κ3) is 4.55. The van der Waals surface area contributed by atoms with Gasteiger partial charge in [0.1, 0.15) is 10.4 Å². The standard InChI is InChI=1S/C26H21N3O3S2/c1-32-19-11-7-10-18(14-19)27-22(30)16-33-26-28-23-20-12-5-6-13-21(20)34-24(23)25(31)29(26)15-17-8-3-2-4-9-17/h2-14H,15-16H2,1H3,(H,27,30). The summed E-state index contributed by atoms with van der Waals surface area (Å²) in [6.07, 6.45) is 0. The van der Waals surface area contributed by atoms with Gasteiger partial charge in [-0.25, -0.2) is 4.98 Å². The lowest BCUT2D eigenvalue weighted by molar-refractivity contribution is -0.113. The summed E-state index contributed by atoms with van der Waals surface area (Å²) >= 11 is 2.71. The van der Waals surface area contributed by atoms with E-state index in [9.17, 15) is 9.59 Å². The molecule has 0 bridgehead atoms. The maximum Gasteiger partial charge on any atom is 0.272 e. The van der Waals surface area contributed by atoms with E-state index in [4.69, 9.17) is 9.72 Å². The molecule has 0 aliphatic carbocycles. The number of nitrogens with one attached hydrogen (secondary N) is 1. The van der Waals surface area contributed by atoms with Gasteiger partial charge in [0.15, 0.2) is 5.16 Å². The van der Waals surface area contributed by atoms with Crippen LogP contribution >= 0.6 is 23.1 Å². The van der Waals surface area contributed by atoms with E-state index >= 15 is 0 Å². The lowest BCUT2D eigenvalue weighted by Gasteiger charge is -2.12. The molecule has 34 heavy (non-hydrogen) atoms. The molecule has 1 N–H and O–H groups in total. The predicted octanol–water partition coefficient (Wildman–Crippen LogP) is 5.40. The molecular weight excluding hydrogens is 466 g/mol. The monoisotopic (exact) mass is 487 g/mol. The van der Waals surface area contributed by atoms with Crippen LogP contribution in [0, 0.1) is 0 Å². The molecule has 3 aromatic carbocycles. The zero-order valence-electron chi connectivity index (χ0n) is 18.4. The highest BCUT2D eigenvalue weighted by atomic mass is 32.2. The number of fused-ring (bicyclic) bond motifs is 3. The molecule has 5 rings (SSSR count). The normalized spacial score (nSPS) is 11.1. The lowest BCUT2D eigenvalue weighted by Crippen LogP contribution is -2.24. The highest BCUT2D eigenvalue weighted by Gasteiger charge is 2.17. The maximum atomic E-state index is 13.5. The number of thiophene rings is 1. The summed E-state index contributed by atoms with van der Waals surface area (Å²) in [5.74, 6) is 0.596. The summed E-state index contributed by atoms with van der Waals surface area (Å²) in [7, 11) is 1.58. The van der Waals surface area contributed by atoms with Crippen molar-refractivity contribution < 1.29 is 9.53 Å². The van der Waals surface area contributed by atoms with E-state index in [2.05, 4.69) is 5.32 Å². The zero-order valence-corrected chi connectivity index (χ0v) is 20.0. The molecule has 1 amide bonds. The van der Waals surface area contributed by atoms with Gasteiger partial charge in [0.25, 0.3) is 5.56 Å². The number of thioether (sulfide) groups is 1. The number of carbonyl (C=O) groups is 1. The van der Waals surface area contributed by atoms with Crippen LogP contribution in [0.4, 0.5) is 5.69 Å². The number of methoxy groups -OCH3 is 1. The molecule has 0 atom stereocenters. The van der Waals surface area contributed by atoms with Gasteiger partial charge in [-0.15, -0.1) is 11.3 Å². The van der Waals surface area contributed by atoms with Crippen molar-refractivity contribution in [2.45, 2.75) is 11.7 Å². The van der Waals surface area contributed by atoms with Crippen LogP contribution in [0.1, 0.15) is 5.56 Å². The largest absolute Gasteiger partial charge is 0.497 e. The second-order valence-corrected chi connectivity index (χ2v) is 9.61. The fraction of sp³-hybridized carbons (Fsp3) is 0.115. The Balaban J connectivity index is 1.48. The number of benzene rings is 3. The van der Waals surface area contributed by atoms with Crippen molar-refractivity contribution in [3.05, 3.63) is 94.8 Å². The molecule has 0 radical (unpaired) electrons. The molecule has 2 heterocycles. The van der Waals surface area contributed by atoms with Gasteiger partial charge in [-0.2, -0.15) is 0 Å². The fourth-order valence-electron chi connectivity index (χ4n) is 3.70. The molecular formula is C26H21N3O3S2. The van der Waals surface area contributed by atoms with E-state index in [0.29, 0.717) is 33.4 Å². The molecule has 0 fully saturated rings. The highest BCUT2D eigenvalue weighted by Crippen LogP contribution is 2.32. The van der Waals surface area contributed by atoms with Gasteiger partial charge < -0.3 is 10.1 Å². The van der Waals surface area contributed by atoms with Crippen LogP contribution < -0.4 is 15.6 Å². The lowest BCUT2D eigenvalue weighted by atomic mass is 10.2. The second-order valence-electron chi connectivity index (χ2n) is 7.62. The Morgan fingerprint density at radius 3 is 2.68 bits per heavy atom. The molecule has 0 spiro atoms. The molecule has 2 aromatic heterocycles. The highest BCUT2D eigenvalue weighted by molar-refractivity contribution is 7.99. The van der Waals surface area contributed by atoms with E-state index in [1.165, 1.54) is 23.1 Å². The van der Waals surface area contributed by atoms with Gasteiger partial charge in [0.05, 0.1) is 24.9 Å². The molecule has 170 valence electrons. The topological polar surface area (TPSA) is 73.2 Å². The number of carbonyl (C=O) groups excluding carboxylic acids is 1. The van der Waals surface area contributed by atoms with Crippen LogP contribution in [0.15, 0.2) is 88.8 Å². The van der Waals surface area contributed by atoms with Gasteiger partial charge in [0, 0.05) is 21.8 Å².